The Morgan fingerprint density at radius 2 is 2.40 bits per heavy atom. The number of rotatable bonds is 2. The second-order valence-electron chi connectivity index (χ2n) is 3.62. The summed E-state index contributed by atoms with van der Waals surface area (Å²) in [7, 11) is 2.03. The average molecular weight is 142 g/mol. The van der Waals surface area contributed by atoms with Crippen molar-refractivity contribution in [2.75, 3.05) is 26.7 Å². The molecule has 1 fully saturated rings. The SMILES string of the molecule is CNC[C@]1(C)CCCNC1. The molecule has 0 radical (unpaired) electrons. The van der Waals surface area contributed by atoms with Crippen molar-refractivity contribution < 1.29 is 0 Å². The van der Waals surface area contributed by atoms with Gasteiger partial charge < -0.3 is 10.6 Å². The quantitative estimate of drug-likeness (QED) is 0.590. The Labute approximate surface area is 63.4 Å². The van der Waals surface area contributed by atoms with Crippen LogP contribution in [0.15, 0.2) is 0 Å². The van der Waals surface area contributed by atoms with E-state index in [1.165, 1.54) is 25.9 Å². The predicted octanol–water partition coefficient (Wildman–Crippen LogP) is 0.595. The van der Waals surface area contributed by atoms with E-state index in [4.69, 9.17) is 0 Å². The summed E-state index contributed by atoms with van der Waals surface area (Å²) in [4.78, 5) is 0. The van der Waals surface area contributed by atoms with Gasteiger partial charge >= 0.3 is 0 Å². The molecule has 0 aromatic rings. The Morgan fingerprint density at radius 3 is 2.90 bits per heavy atom. The van der Waals surface area contributed by atoms with E-state index < -0.39 is 0 Å². The predicted molar refractivity (Wildman–Crippen MR) is 44.1 cm³/mol. The van der Waals surface area contributed by atoms with Gasteiger partial charge in [-0.1, -0.05) is 6.92 Å². The number of hydrogen-bond donors (Lipinski definition) is 2. The average Bonchev–Trinajstić information content (AvgIpc) is 1.89. The molecule has 0 aromatic carbocycles. The minimum Gasteiger partial charge on any atom is -0.319 e. The van der Waals surface area contributed by atoms with Gasteiger partial charge in [0, 0.05) is 13.1 Å². The number of piperidine rings is 1. The fraction of sp³-hybridized carbons (Fsp3) is 1.00. The van der Waals surface area contributed by atoms with Crippen LogP contribution in [-0.4, -0.2) is 26.7 Å². The first kappa shape index (κ1) is 8.02. The minimum absolute atomic E-state index is 0.507. The van der Waals surface area contributed by atoms with Gasteiger partial charge in [-0.15, -0.1) is 0 Å². The summed E-state index contributed by atoms with van der Waals surface area (Å²) in [5, 5.41) is 6.66. The Morgan fingerprint density at radius 1 is 1.60 bits per heavy atom. The van der Waals surface area contributed by atoms with Gasteiger partial charge in [0.05, 0.1) is 0 Å². The van der Waals surface area contributed by atoms with Crippen LogP contribution in [0.4, 0.5) is 0 Å². The lowest BCUT2D eigenvalue weighted by molar-refractivity contribution is 0.232. The molecule has 2 N–H and O–H groups in total. The van der Waals surface area contributed by atoms with E-state index in [0.717, 1.165) is 6.54 Å². The monoisotopic (exact) mass is 142 g/mol. The molecule has 0 unspecified atom stereocenters. The topological polar surface area (TPSA) is 24.1 Å². The first-order chi connectivity index (χ1) is 4.77. The largest absolute Gasteiger partial charge is 0.319 e. The fourth-order valence-corrected chi connectivity index (χ4v) is 1.70. The summed E-state index contributed by atoms with van der Waals surface area (Å²) < 4.78 is 0. The highest BCUT2D eigenvalue weighted by atomic mass is 14.9. The maximum Gasteiger partial charge on any atom is 0.00173 e. The third-order valence-electron chi connectivity index (χ3n) is 2.29. The second kappa shape index (κ2) is 3.35. The van der Waals surface area contributed by atoms with Gasteiger partial charge in [0.25, 0.3) is 0 Å². The molecule has 1 heterocycles. The summed E-state index contributed by atoms with van der Waals surface area (Å²) in [5.74, 6) is 0. The lowest BCUT2D eigenvalue weighted by Crippen LogP contribution is -2.43. The Bertz CT molecular complexity index is 89.9. The summed E-state index contributed by atoms with van der Waals surface area (Å²) in [6.45, 7) is 5.86. The molecule has 0 spiro atoms. The van der Waals surface area contributed by atoms with Crippen molar-refractivity contribution in [2.24, 2.45) is 5.41 Å². The van der Waals surface area contributed by atoms with Gasteiger partial charge in [-0.2, -0.15) is 0 Å². The van der Waals surface area contributed by atoms with E-state index in [9.17, 15) is 0 Å². The van der Waals surface area contributed by atoms with Crippen LogP contribution in [0.5, 0.6) is 0 Å². The van der Waals surface area contributed by atoms with Crippen molar-refractivity contribution in [1.29, 1.82) is 0 Å². The lowest BCUT2D eigenvalue weighted by atomic mass is 9.83. The maximum atomic E-state index is 3.42. The highest BCUT2D eigenvalue weighted by Gasteiger charge is 2.25. The normalized spacial score (nSPS) is 34.2. The van der Waals surface area contributed by atoms with Gasteiger partial charge in [-0.3, -0.25) is 0 Å². The maximum absolute atomic E-state index is 3.42. The smallest absolute Gasteiger partial charge is 0.00173 e. The van der Waals surface area contributed by atoms with E-state index in [2.05, 4.69) is 17.6 Å². The van der Waals surface area contributed by atoms with Gasteiger partial charge in [0.2, 0.25) is 0 Å². The van der Waals surface area contributed by atoms with Crippen LogP contribution in [0.25, 0.3) is 0 Å². The van der Waals surface area contributed by atoms with Crippen molar-refractivity contribution in [3.8, 4) is 0 Å². The molecule has 60 valence electrons. The van der Waals surface area contributed by atoms with Crippen LogP contribution in [0.1, 0.15) is 19.8 Å². The molecule has 1 saturated heterocycles. The zero-order valence-electron chi connectivity index (χ0n) is 7.04. The molecule has 2 heteroatoms. The molecule has 2 nitrogen and oxygen atoms in total. The molecule has 1 atom stereocenters. The Hall–Kier alpha value is -0.0800. The van der Waals surface area contributed by atoms with E-state index in [-0.39, 0.29) is 0 Å². The molecule has 10 heavy (non-hydrogen) atoms. The standard InChI is InChI=1S/C8H18N2/c1-8(6-9-2)4-3-5-10-7-8/h9-10H,3-7H2,1-2H3/t8-/m0/s1. The van der Waals surface area contributed by atoms with Crippen LogP contribution in [0.2, 0.25) is 0 Å². The first-order valence-corrected chi connectivity index (χ1v) is 4.12. The Kier molecular flexibility index (Phi) is 2.69. The van der Waals surface area contributed by atoms with Gasteiger partial charge in [0.15, 0.2) is 0 Å². The van der Waals surface area contributed by atoms with Crippen LogP contribution in [0.3, 0.4) is 0 Å². The van der Waals surface area contributed by atoms with Gasteiger partial charge in [-0.05, 0) is 31.8 Å². The summed E-state index contributed by atoms with van der Waals surface area (Å²) in [6.07, 6.45) is 2.69. The molecular weight excluding hydrogens is 124 g/mol. The zero-order valence-corrected chi connectivity index (χ0v) is 7.04. The molecule has 1 aliphatic heterocycles. The molecule has 0 saturated carbocycles. The van der Waals surface area contributed by atoms with Crippen LogP contribution in [0, 0.1) is 5.41 Å². The molecular formula is C8H18N2. The van der Waals surface area contributed by atoms with E-state index in [1.54, 1.807) is 0 Å². The third-order valence-corrected chi connectivity index (χ3v) is 2.29. The highest BCUT2D eigenvalue weighted by molar-refractivity contribution is 4.82. The van der Waals surface area contributed by atoms with Gasteiger partial charge in [0.1, 0.15) is 0 Å². The summed E-state index contributed by atoms with van der Waals surface area (Å²) in [5.41, 5.74) is 0.507. The molecule has 0 aliphatic carbocycles. The Balaban J connectivity index is 2.32. The summed E-state index contributed by atoms with van der Waals surface area (Å²) in [6, 6.07) is 0. The van der Waals surface area contributed by atoms with Crippen molar-refractivity contribution >= 4 is 0 Å². The molecule has 0 amide bonds. The van der Waals surface area contributed by atoms with Crippen LogP contribution in [-0.2, 0) is 0 Å². The zero-order chi connectivity index (χ0) is 7.45. The molecule has 1 rings (SSSR count). The van der Waals surface area contributed by atoms with Crippen molar-refractivity contribution in [2.45, 2.75) is 19.8 Å². The van der Waals surface area contributed by atoms with E-state index in [1.807, 2.05) is 7.05 Å². The molecule has 0 aromatic heterocycles. The van der Waals surface area contributed by atoms with Gasteiger partial charge in [-0.25, -0.2) is 0 Å². The fourth-order valence-electron chi connectivity index (χ4n) is 1.70. The van der Waals surface area contributed by atoms with Crippen LogP contribution >= 0.6 is 0 Å². The minimum atomic E-state index is 0.507. The highest BCUT2D eigenvalue weighted by Crippen LogP contribution is 2.23. The third kappa shape index (κ3) is 1.96. The second-order valence-corrected chi connectivity index (χ2v) is 3.62. The van der Waals surface area contributed by atoms with E-state index in [0.29, 0.717) is 5.41 Å². The summed E-state index contributed by atoms with van der Waals surface area (Å²) >= 11 is 0. The van der Waals surface area contributed by atoms with Crippen LogP contribution < -0.4 is 10.6 Å². The van der Waals surface area contributed by atoms with Crippen molar-refractivity contribution in [3.05, 3.63) is 0 Å². The number of hydrogen-bond acceptors (Lipinski definition) is 2. The number of nitrogens with one attached hydrogen (secondary N) is 2. The van der Waals surface area contributed by atoms with Crippen molar-refractivity contribution in [3.63, 3.8) is 0 Å². The molecule has 1 aliphatic rings. The van der Waals surface area contributed by atoms with E-state index >= 15 is 0 Å². The molecule has 0 bridgehead atoms. The lowest BCUT2D eigenvalue weighted by Gasteiger charge is -2.33. The first-order valence-electron chi connectivity index (χ1n) is 4.12. The van der Waals surface area contributed by atoms with Crippen molar-refractivity contribution in [1.82, 2.24) is 10.6 Å².